The fourth-order valence-electron chi connectivity index (χ4n) is 3.69. The van der Waals surface area contributed by atoms with Crippen LogP contribution in [0.4, 0.5) is 5.69 Å². The Balaban J connectivity index is 1.36. The number of hydrogen-bond acceptors (Lipinski definition) is 5. The fraction of sp³-hybridized carbons (Fsp3) is 0.0769. The quantitative estimate of drug-likeness (QED) is 0.401. The molecule has 0 aliphatic rings. The second-order valence-electron chi connectivity index (χ2n) is 7.84. The minimum Gasteiger partial charge on any atom is -0.457 e. The van der Waals surface area contributed by atoms with Crippen molar-refractivity contribution >= 4 is 22.6 Å². The number of nitrogens with one attached hydrogen (secondary N) is 2. The zero-order valence-electron chi connectivity index (χ0n) is 18.6. The number of hydrogen-bond donors (Lipinski definition) is 2. The first kappa shape index (κ1) is 21.1. The second kappa shape index (κ2) is 8.67. The molecule has 3 aromatic heterocycles. The van der Waals surface area contributed by atoms with Crippen LogP contribution < -0.4 is 15.6 Å². The summed E-state index contributed by atoms with van der Waals surface area (Å²) in [6, 6.07) is 19.5. The number of ether oxygens (including phenoxy) is 1. The van der Waals surface area contributed by atoms with Crippen molar-refractivity contribution in [1.29, 1.82) is 0 Å². The van der Waals surface area contributed by atoms with Crippen molar-refractivity contribution in [2.45, 2.75) is 13.8 Å². The minimum absolute atomic E-state index is 0.176. The minimum atomic E-state index is -0.406. The molecule has 8 heteroatoms. The molecule has 2 aromatic carbocycles. The van der Waals surface area contributed by atoms with Gasteiger partial charge >= 0.3 is 0 Å². The van der Waals surface area contributed by atoms with Gasteiger partial charge in [0.1, 0.15) is 17.1 Å². The Hall–Kier alpha value is -4.72. The van der Waals surface area contributed by atoms with Gasteiger partial charge in [0.2, 0.25) is 0 Å². The van der Waals surface area contributed by atoms with Gasteiger partial charge in [-0.15, -0.1) is 0 Å². The normalized spacial score (nSPS) is 10.9. The maximum Gasteiger partial charge on any atom is 0.276 e. The van der Waals surface area contributed by atoms with E-state index in [4.69, 9.17) is 4.74 Å². The maximum absolute atomic E-state index is 13.0. The third-order valence-electron chi connectivity index (χ3n) is 5.44. The van der Waals surface area contributed by atoms with E-state index in [1.54, 1.807) is 55.7 Å². The highest BCUT2D eigenvalue weighted by atomic mass is 16.5. The number of H-pyrrole nitrogens is 1. The van der Waals surface area contributed by atoms with Gasteiger partial charge < -0.3 is 15.0 Å². The summed E-state index contributed by atoms with van der Waals surface area (Å²) in [5.41, 5.74) is 3.22. The molecule has 5 rings (SSSR count). The SMILES string of the molecule is Cc1ccccc1-n1nc(C(=O)Nc2ccc(Oc3ccnc4[nH]ccc34)cc2)c(C)cc1=O. The highest BCUT2D eigenvalue weighted by Gasteiger charge is 2.16. The zero-order valence-corrected chi connectivity index (χ0v) is 18.6. The topological polar surface area (TPSA) is 102 Å². The van der Waals surface area contributed by atoms with Crippen LogP contribution in [0.2, 0.25) is 0 Å². The Morgan fingerprint density at radius 1 is 1.00 bits per heavy atom. The predicted molar refractivity (Wildman–Crippen MR) is 130 cm³/mol. The van der Waals surface area contributed by atoms with Crippen LogP contribution in [0.5, 0.6) is 11.5 Å². The molecule has 168 valence electrons. The standard InChI is InChI=1S/C26H21N5O3/c1-16-5-3-4-6-21(16)31-23(32)15-17(2)24(30-31)26(33)29-18-7-9-19(10-8-18)34-22-12-14-28-25-20(22)11-13-27-25/h3-15H,1-2H3,(H,27,28)(H,29,33). The third kappa shape index (κ3) is 4.04. The van der Waals surface area contributed by atoms with Crippen molar-refractivity contribution in [3.05, 3.63) is 106 Å². The van der Waals surface area contributed by atoms with Crippen molar-refractivity contribution in [3.8, 4) is 17.2 Å². The van der Waals surface area contributed by atoms with Crippen LogP contribution in [0, 0.1) is 13.8 Å². The van der Waals surface area contributed by atoms with Crippen molar-refractivity contribution in [2.24, 2.45) is 0 Å². The molecule has 0 bridgehead atoms. The van der Waals surface area contributed by atoms with E-state index in [0.29, 0.717) is 28.4 Å². The molecule has 34 heavy (non-hydrogen) atoms. The Morgan fingerprint density at radius 2 is 1.79 bits per heavy atom. The molecule has 5 aromatic rings. The molecule has 0 saturated carbocycles. The van der Waals surface area contributed by atoms with Crippen LogP contribution in [0.25, 0.3) is 16.7 Å². The van der Waals surface area contributed by atoms with Gasteiger partial charge in [-0.3, -0.25) is 9.59 Å². The Kier molecular flexibility index (Phi) is 5.39. The summed E-state index contributed by atoms with van der Waals surface area (Å²) in [7, 11) is 0. The molecule has 8 nitrogen and oxygen atoms in total. The molecular formula is C26H21N5O3. The maximum atomic E-state index is 13.0. The number of carbonyl (C=O) groups is 1. The monoisotopic (exact) mass is 451 g/mol. The van der Waals surface area contributed by atoms with Crippen molar-refractivity contribution in [2.75, 3.05) is 5.32 Å². The first-order valence-corrected chi connectivity index (χ1v) is 10.7. The Labute approximate surface area is 194 Å². The molecule has 0 fully saturated rings. The Bertz CT molecular complexity index is 1570. The van der Waals surface area contributed by atoms with E-state index in [9.17, 15) is 9.59 Å². The Morgan fingerprint density at radius 3 is 2.59 bits per heavy atom. The number of fused-ring (bicyclic) bond motifs is 1. The molecular weight excluding hydrogens is 430 g/mol. The number of nitrogens with zero attached hydrogens (tertiary/aromatic N) is 3. The van der Waals surface area contributed by atoms with E-state index in [1.807, 2.05) is 31.2 Å². The van der Waals surface area contributed by atoms with Gasteiger partial charge in [0, 0.05) is 24.1 Å². The van der Waals surface area contributed by atoms with E-state index >= 15 is 0 Å². The summed E-state index contributed by atoms with van der Waals surface area (Å²) in [4.78, 5) is 32.8. The van der Waals surface area contributed by atoms with Crippen molar-refractivity contribution in [1.82, 2.24) is 19.7 Å². The third-order valence-corrected chi connectivity index (χ3v) is 5.44. The van der Waals surface area contributed by atoms with Gasteiger partial charge in [-0.1, -0.05) is 18.2 Å². The molecule has 0 atom stereocenters. The van der Waals surface area contributed by atoms with E-state index in [2.05, 4.69) is 20.4 Å². The molecule has 0 saturated heterocycles. The van der Waals surface area contributed by atoms with Crippen LogP contribution in [0.3, 0.4) is 0 Å². The van der Waals surface area contributed by atoms with Crippen molar-refractivity contribution in [3.63, 3.8) is 0 Å². The van der Waals surface area contributed by atoms with Gasteiger partial charge in [0.15, 0.2) is 5.69 Å². The molecule has 0 unspecified atom stereocenters. The lowest BCUT2D eigenvalue weighted by atomic mass is 10.2. The zero-order chi connectivity index (χ0) is 23.7. The molecule has 0 spiro atoms. The van der Waals surface area contributed by atoms with Crippen LogP contribution >= 0.6 is 0 Å². The number of aromatic nitrogens is 4. The summed E-state index contributed by atoms with van der Waals surface area (Å²) >= 11 is 0. The summed E-state index contributed by atoms with van der Waals surface area (Å²) in [6.45, 7) is 3.58. The van der Waals surface area contributed by atoms with E-state index in [-0.39, 0.29) is 11.3 Å². The van der Waals surface area contributed by atoms with Crippen LogP contribution in [-0.4, -0.2) is 25.7 Å². The number of aromatic amines is 1. The first-order valence-electron chi connectivity index (χ1n) is 10.7. The summed E-state index contributed by atoms with van der Waals surface area (Å²) in [5, 5.41) is 8.08. The lowest BCUT2D eigenvalue weighted by molar-refractivity contribution is 0.102. The second-order valence-corrected chi connectivity index (χ2v) is 7.84. The lowest BCUT2D eigenvalue weighted by Gasteiger charge is -2.12. The molecule has 0 aliphatic heterocycles. The van der Waals surface area contributed by atoms with Crippen LogP contribution in [-0.2, 0) is 0 Å². The predicted octanol–water partition coefficient (Wildman–Crippen LogP) is 4.77. The number of benzene rings is 2. The number of pyridine rings is 1. The van der Waals surface area contributed by atoms with Crippen molar-refractivity contribution < 1.29 is 9.53 Å². The summed E-state index contributed by atoms with van der Waals surface area (Å²) < 4.78 is 7.23. The highest BCUT2D eigenvalue weighted by molar-refractivity contribution is 6.03. The average molecular weight is 451 g/mol. The summed E-state index contributed by atoms with van der Waals surface area (Å²) in [5.74, 6) is 0.895. The smallest absolute Gasteiger partial charge is 0.276 e. The van der Waals surface area contributed by atoms with Gasteiger partial charge in [0.25, 0.3) is 11.5 Å². The number of aryl methyl sites for hydroxylation is 2. The first-order chi connectivity index (χ1) is 16.5. The summed E-state index contributed by atoms with van der Waals surface area (Å²) in [6.07, 6.45) is 3.48. The fourth-order valence-corrected chi connectivity index (χ4v) is 3.69. The van der Waals surface area contributed by atoms with Crippen LogP contribution in [0.15, 0.2) is 83.9 Å². The molecule has 0 aliphatic carbocycles. The van der Waals surface area contributed by atoms with E-state index in [1.165, 1.54) is 10.7 Å². The molecule has 2 N–H and O–H groups in total. The largest absolute Gasteiger partial charge is 0.457 e. The number of rotatable bonds is 5. The highest BCUT2D eigenvalue weighted by Crippen LogP contribution is 2.29. The van der Waals surface area contributed by atoms with Crippen LogP contribution in [0.1, 0.15) is 21.6 Å². The van der Waals surface area contributed by atoms with Gasteiger partial charge in [0.05, 0.1) is 11.1 Å². The van der Waals surface area contributed by atoms with Gasteiger partial charge in [-0.25, -0.2) is 4.98 Å². The number of carbonyl (C=O) groups excluding carboxylic acids is 1. The lowest BCUT2D eigenvalue weighted by Crippen LogP contribution is -2.27. The van der Waals surface area contributed by atoms with E-state index in [0.717, 1.165) is 16.6 Å². The molecule has 3 heterocycles. The molecule has 0 radical (unpaired) electrons. The number of para-hydroxylation sites is 1. The van der Waals surface area contributed by atoms with E-state index < -0.39 is 5.91 Å². The van der Waals surface area contributed by atoms with Gasteiger partial charge in [-0.2, -0.15) is 9.78 Å². The number of anilines is 1. The molecule has 1 amide bonds. The number of amides is 1. The average Bonchev–Trinajstić information content (AvgIpc) is 3.31. The van der Waals surface area contributed by atoms with Gasteiger partial charge in [-0.05, 0) is 67.4 Å².